The summed E-state index contributed by atoms with van der Waals surface area (Å²) in [6, 6.07) is 0. The molecule has 0 atom stereocenters. The van der Waals surface area contributed by atoms with Crippen LogP contribution in [0.25, 0.3) is 0 Å². The van der Waals surface area contributed by atoms with Crippen LogP contribution in [0.3, 0.4) is 0 Å². The molecule has 2 heterocycles. The lowest BCUT2D eigenvalue weighted by atomic mass is 10.8. The first-order chi connectivity index (χ1) is 6.58. The average molecular weight is 198 g/mol. The minimum Gasteiger partial charge on any atom is -0.381 e. The molecule has 0 spiro atoms. The van der Waals surface area contributed by atoms with E-state index in [0.717, 1.165) is 9.70 Å². The standard InChI is InChI=1S/2C2H5N5/c3-2-1-7(4)6-5-2;3-2-1-5-7(4)6-2/h1H,3-4H2;1H,4H2,(H2,3,6). The van der Waals surface area contributed by atoms with Gasteiger partial charge in [0.1, 0.15) is 0 Å². The Balaban J connectivity index is 0.000000140. The first-order valence-electron chi connectivity index (χ1n) is 3.43. The van der Waals surface area contributed by atoms with Crippen molar-refractivity contribution in [1.29, 1.82) is 0 Å². The van der Waals surface area contributed by atoms with E-state index < -0.39 is 0 Å². The van der Waals surface area contributed by atoms with E-state index >= 15 is 0 Å². The van der Waals surface area contributed by atoms with Gasteiger partial charge < -0.3 is 23.2 Å². The van der Waals surface area contributed by atoms with Crippen LogP contribution >= 0.6 is 0 Å². The van der Waals surface area contributed by atoms with Crippen LogP contribution in [0, 0.1) is 0 Å². The molecule has 0 fully saturated rings. The first kappa shape index (κ1) is 9.57. The van der Waals surface area contributed by atoms with Gasteiger partial charge in [0.15, 0.2) is 11.6 Å². The molecule has 2 aromatic heterocycles. The molecule has 2 rings (SSSR count). The van der Waals surface area contributed by atoms with E-state index in [1.54, 1.807) is 0 Å². The SMILES string of the molecule is Nc1cn(N)nn1.Nc1cnn(N)n1. The second-order valence-corrected chi connectivity index (χ2v) is 2.21. The number of hydrogen-bond donors (Lipinski definition) is 4. The van der Waals surface area contributed by atoms with Gasteiger partial charge in [0.25, 0.3) is 0 Å². The molecule has 0 saturated heterocycles. The van der Waals surface area contributed by atoms with Crippen LogP contribution in [0.15, 0.2) is 12.4 Å². The molecule has 10 heteroatoms. The van der Waals surface area contributed by atoms with Crippen LogP contribution in [0.2, 0.25) is 0 Å². The maximum atomic E-state index is 5.10. The lowest BCUT2D eigenvalue weighted by Gasteiger charge is -1.77. The molecule has 14 heavy (non-hydrogen) atoms. The van der Waals surface area contributed by atoms with Crippen molar-refractivity contribution in [2.24, 2.45) is 0 Å². The third kappa shape index (κ3) is 2.84. The first-order valence-corrected chi connectivity index (χ1v) is 3.43. The van der Waals surface area contributed by atoms with Crippen LogP contribution < -0.4 is 23.2 Å². The summed E-state index contributed by atoms with van der Waals surface area (Å²) in [5, 5.41) is 13.7. The molecule has 0 unspecified atom stereocenters. The van der Waals surface area contributed by atoms with Crippen molar-refractivity contribution in [2.75, 3.05) is 23.2 Å². The smallest absolute Gasteiger partial charge is 0.168 e. The predicted octanol–water partition coefficient (Wildman–Crippen LogP) is -2.85. The fourth-order valence-electron chi connectivity index (χ4n) is 0.579. The Morgan fingerprint density at radius 1 is 1.14 bits per heavy atom. The molecule has 0 aliphatic rings. The molecule has 10 nitrogen and oxygen atoms in total. The van der Waals surface area contributed by atoms with Crippen molar-refractivity contribution in [3.63, 3.8) is 0 Å². The van der Waals surface area contributed by atoms with Gasteiger partial charge >= 0.3 is 0 Å². The second kappa shape index (κ2) is 3.93. The van der Waals surface area contributed by atoms with Crippen molar-refractivity contribution < 1.29 is 0 Å². The lowest BCUT2D eigenvalue weighted by Crippen LogP contribution is -2.11. The average Bonchev–Trinajstić information content (AvgIpc) is 2.63. The van der Waals surface area contributed by atoms with E-state index in [1.807, 2.05) is 0 Å². The highest BCUT2D eigenvalue weighted by molar-refractivity contribution is 5.19. The van der Waals surface area contributed by atoms with Crippen LogP contribution in [0.1, 0.15) is 0 Å². The molecule has 0 amide bonds. The maximum absolute atomic E-state index is 5.10. The fraction of sp³-hybridized carbons (Fsp3) is 0. The number of hydrogen-bond acceptors (Lipinski definition) is 8. The molecule has 0 aliphatic heterocycles. The number of anilines is 2. The fourth-order valence-corrected chi connectivity index (χ4v) is 0.579. The van der Waals surface area contributed by atoms with Crippen molar-refractivity contribution in [3.8, 4) is 0 Å². The molecule has 2 aromatic rings. The van der Waals surface area contributed by atoms with E-state index in [-0.39, 0.29) is 0 Å². The zero-order valence-corrected chi connectivity index (χ0v) is 7.15. The summed E-state index contributed by atoms with van der Waals surface area (Å²) in [5.41, 5.74) is 10.2. The van der Waals surface area contributed by atoms with Crippen LogP contribution in [0.5, 0.6) is 0 Å². The summed E-state index contributed by atoms with van der Waals surface area (Å²) < 4.78 is 0. The minimum absolute atomic E-state index is 0.336. The third-order valence-electron chi connectivity index (χ3n) is 1.05. The Morgan fingerprint density at radius 3 is 2.00 bits per heavy atom. The van der Waals surface area contributed by atoms with Crippen molar-refractivity contribution in [1.82, 2.24) is 30.2 Å². The molecule has 0 aromatic carbocycles. The van der Waals surface area contributed by atoms with Gasteiger partial charge in [0.05, 0.1) is 12.4 Å². The van der Waals surface area contributed by atoms with Gasteiger partial charge in [-0.2, -0.15) is 4.79 Å². The van der Waals surface area contributed by atoms with Crippen LogP contribution in [-0.2, 0) is 0 Å². The lowest BCUT2D eigenvalue weighted by molar-refractivity contribution is 0.710. The minimum atomic E-state index is 0.336. The Kier molecular flexibility index (Phi) is 2.69. The Labute approximate surface area is 78.4 Å². The summed E-state index contributed by atoms with van der Waals surface area (Å²) in [5.74, 6) is 10.7. The quantitative estimate of drug-likeness (QED) is 0.328. The van der Waals surface area contributed by atoms with Gasteiger partial charge in [-0.25, -0.2) is 0 Å². The summed E-state index contributed by atoms with van der Waals surface area (Å²) in [6.45, 7) is 0. The molecule has 76 valence electrons. The molecule has 0 radical (unpaired) electrons. The summed E-state index contributed by atoms with van der Waals surface area (Å²) in [7, 11) is 0. The van der Waals surface area contributed by atoms with E-state index in [0.29, 0.717) is 11.6 Å². The van der Waals surface area contributed by atoms with Gasteiger partial charge in [0.2, 0.25) is 0 Å². The normalized spacial score (nSPS) is 9.14. The highest BCUT2D eigenvalue weighted by Gasteiger charge is 1.85. The summed E-state index contributed by atoms with van der Waals surface area (Å²) in [6.07, 6.45) is 2.79. The maximum Gasteiger partial charge on any atom is 0.168 e. The number of aromatic nitrogens is 6. The van der Waals surface area contributed by atoms with Crippen molar-refractivity contribution >= 4 is 11.6 Å². The largest absolute Gasteiger partial charge is 0.381 e. The molecular formula is C4H10N10. The highest BCUT2D eigenvalue weighted by atomic mass is 15.6. The molecule has 0 aliphatic carbocycles. The zero-order valence-electron chi connectivity index (χ0n) is 7.15. The predicted molar refractivity (Wildman–Crippen MR) is 49.2 cm³/mol. The van der Waals surface area contributed by atoms with Crippen molar-refractivity contribution in [3.05, 3.63) is 12.4 Å². The Hall–Kier alpha value is -2.52. The highest BCUT2D eigenvalue weighted by Crippen LogP contribution is 1.84. The van der Waals surface area contributed by atoms with Gasteiger partial charge in [-0.15, -0.1) is 15.3 Å². The Morgan fingerprint density at radius 2 is 1.86 bits per heavy atom. The van der Waals surface area contributed by atoms with Crippen LogP contribution in [0.4, 0.5) is 11.6 Å². The van der Waals surface area contributed by atoms with E-state index in [2.05, 4.69) is 20.5 Å². The Bertz CT molecular complexity index is 315. The number of nitrogens with two attached hydrogens (primary N) is 4. The van der Waals surface area contributed by atoms with Gasteiger partial charge in [-0.1, -0.05) is 4.91 Å². The molecule has 0 bridgehead atoms. The number of nitrogens with zero attached hydrogens (tertiary/aromatic N) is 6. The van der Waals surface area contributed by atoms with Gasteiger partial charge in [0, 0.05) is 0 Å². The third-order valence-corrected chi connectivity index (χ3v) is 1.05. The van der Waals surface area contributed by atoms with E-state index in [9.17, 15) is 0 Å². The molecule has 0 saturated carbocycles. The molecular weight excluding hydrogens is 188 g/mol. The number of rotatable bonds is 0. The topological polar surface area (TPSA) is 166 Å². The van der Waals surface area contributed by atoms with Gasteiger partial charge in [-0.05, 0) is 5.21 Å². The number of nitrogen functional groups attached to an aromatic ring is 4. The van der Waals surface area contributed by atoms with E-state index in [1.165, 1.54) is 12.4 Å². The second-order valence-electron chi connectivity index (χ2n) is 2.21. The zero-order chi connectivity index (χ0) is 10.6. The summed E-state index contributed by atoms with van der Waals surface area (Å²) in [4.78, 5) is 1.96. The van der Waals surface area contributed by atoms with E-state index in [4.69, 9.17) is 23.2 Å². The summed E-state index contributed by atoms with van der Waals surface area (Å²) >= 11 is 0. The van der Waals surface area contributed by atoms with Crippen molar-refractivity contribution in [2.45, 2.75) is 0 Å². The monoisotopic (exact) mass is 198 g/mol. The molecule has 8 N–H and O–H groups in total. The van der Waals surface area contributed by atoms with Crippen LogP contribution in [-0.4, -0.2) is 30.2 Å². The van der Waals surface area contributed by atoms with Gasteiger partial charge in [-0.3, -0.25) is 0 Å².